The van der Waals surface area contributed by atoms with E-state index < -0.39 is 29.6 Å². The van der Waals surface area contributed by atoms with Gasteiger partial charge in [0.25, 0.3) is 0 Å². The zero-order valence-corrected chi connectivity index (χ0v) is 10.00. The molecule has 6 heteroatoms. The molecule has 1 amide bonds. The van der Waals surface area contributed by atoms with Gasteiger partial charge in [-0.25, -0.2) is 13.6 Å². The lowest BCUT2D eigenvalue weighted by Gasteiger charge is -2.15. The summed E-state index contributed by atoms with van der Waals surface area (Å²) in [7, 11) is 1.15. The summed E-state index contributed by atoms with van der Waals surface area (Å²) in [6, 6.07) is 1.88. The summed E-state index contributed by atoms with van der Waals surface area (Å²) < 4.78 is 30.9. The van der Waals surface area contributed by atoms with Crippen molar-refractivity contribution in [1.82, 2.24) is 5.32 Å². The normalized spacial score (nSPS) is 11.8. The molecule has 0 aliphatic heterocycles. The number of esters is 1. The molecule has 0 saturated carbocycles. The maximum absolute atomic E-state index is 13.4. The van der Waals surface area contributed by atoms with Crippen LogP contribution >= 0.6 is 0 Å². The third-order valence-electron chi connectivity index (χ3n) is 2.29. The van der Waals surface area contributed by atoms with E-state index in [9.17, 15) is 18.4 Å². The monoisotopic (exact) mass is 257 g/mol. The first-order valence-corrected chi connectivity index (χ1v) is 5.23. The number of benzene rings is 1. The van der Waals surface area contributed by atoms with Gasteiger partial charge in [-0.05, 0) is 23.8 Å². The Hall–Kier alpha value is -1.98. The van der Waals surface area contributed by atoms with Gasteiger partial charge in [0.2, 0.25) is 5.91 Å². The Morgan fingerprint density at radius 2 is 2.06 bits per heavy atom. The van der Waals surface area contributed by atoms with Crippen molar-refractivity contribution in [2.45, 2.75) is 19.4 Å². The topological polar surface area (TPSA) is 55.4 Å². The number of ether oxygens (including phenoxy) is 1. The third-order valence-corrected chi connectivity index (χ3v) is 2.29. The number of carbonyl (C=O) groups excluding carboxylic acids is 2. The Labute approximate surface area is 103 Å². The molecule has 0 bridgehead atoms. The van der Waals surface area contributed by atoms with Gasteiger partial charge in [-0.15, -0.1) is 0 Å². The van der Waals surface area contributed by atoms with Crippen LogP contribution in [-0.2, 0) is 20.7 Å². The molecule has 0 unspecified atom stereocenters. The minimum Gasteiger partial charge on any atom is -0.467 e. The number of carbonyl (C=O) groups is 2. The fraction of sp³-hybridized carbons (Fsp3) is 0.333. The number of halogens is 2. The van der Waals surface area contributed by atoms with Crippen LogP contribution < -0.4 is 5.32 Å². The standard InChI is InChI=1S/C12H13F2NO3/c1-7(16)15-11(12(17)18-2)6-8-5-9(13)3-4-10(8)14/h3-5,11H,6H2,1-2H3,(H,15,16)/t11-/m0/s1. The molecular weight excluding hydrogens is 244 g/mol. The largest absolute Gasteiger partial charge is 0.467 e. The average molecular weight is 257 g/mol. The summed E-state index contributed by atoms with van der Waals surface area (Å²) in [6.07, 6.45) is -0.171. The van der Waals surface area contributed by atoms with Crippen LogP contribution in [-0.4, -0.2) is 25.0 Å². The van der Waals surface area contributed by atoms with Gasteiger partial charge in [0.15, 0.2) is 0 Å². The second kappa shape index (κ2) is 6.09. The number of amides is 1. The molecule has 0 fully saturated rings. The van der Waals surface area contributed by atoms with E-state index in [-0.39, 0.29) is 12.0 Å². The van der Waals surface area contributed by atoms with E-state index in [0.29, 0.717) is 0 Å². The zero-order chi connectivity index (χ0) is 13.7. The Balaban J connectivity index is 2.91. The number of methoxy groups -OCH3 is 1. The molecule has 4 nitrogen and oxygen atoms in total. The zero-order valence-electron chi connectivity index (χ0n) is 10.00. The van der Waals surface area contributed by atoms with Gasteiger partial charge in [0.1, 0.15) is 17.7 Å². The summed E-state index contributed by atoms with van der Waals surface area (Å²) in [4.78, 5) is 22.3. The molecule has 0 aliphatic rings. The lowest BCUT2D eigenvalue weighted by atomic mass is 10.1. The molecule has 0 radical (unpaired) electrons. The van der Waals surface area contributed by atoms with Crippen molar-refractivity contribution in [3.05, 3.63) is 35.4 Å². The second-order valence-electron chi connectivity index (χ2n) is 3.72. The van der Waals surface area contributed by atoms with Crippen LogP contribution in [0.4, 0.5) is 8.78 Å². The first kappa shape index (κ1) is 14.1. The SMILES string of the molecule is COC(=O)[C@H](Cc1cc(F)ccc1F)NC(C)=O. The molecule has 18 heavy (non-hydrogen) atoms. The van der Waals surface area contributed by atoms with Gasteiger partial charge >= 0.3 is 5.97 Å². The van der Waals surface area contributed by atoms with Crippen molar-refractivity contribution in [3.63, 3.8) is 0 Å². The van der Waals surface area contributed by atoms with Gasteiger partial charge in [0, 0.05) is 13.3 Å². The Kier molecular flexibility index (Phi) is 4.76. The minimum absolute atomic E-state index is 0.000787. The quantitative estimate of drug-likeness (QED) is 0.824. The fourth-order valence-electron chi connectivity index (χ4n) is 1.50. The Morgan fingerprint density at radius 3 is 2.61 bits per heavy atom. The second-order valence-corrected chi connectivity index (χ2v) is 3.72. The van der Waals surface area contributed by atoms with Crippen LogP contribution in [0.5, 0.6) is 0 Å². The van der Waals surface area contributed by atoms with Crippen molar-refractivity contribution in [2.24, 2.45) is 0 Å². The first-order valence-electron chi connectivity index (χ1n) is 5.23. The first-order chi connectivity index (χ1) is 8.43. The van der Waals surface area contributed by atoms with E-state index in [1.54, 1.807) is 0 Å². The lowest BCUT2D eigenvalue weighted by Crippen LogP contribution is -2.42. The van der Waals surface area contributed by atoms with Gasteiger partial charge < -0.3 is 10.1 Å². The van der Waals surface area contributed by atoms with Gasteiger partial charge in [-0.1, -0.05) is 0 Å². The minimum atomic E-state index is -1.04. The number of nitrogens with one attached hydrogen (secondary N) is 1. The van der Waals surface area contributed by atoms with E-state index in [1.165, 1.54) is 6.92 Å². The molecule has 1 rings (SSSR count). The van der Waals surface area contributed by atoms with Crippen molar-refractivity contribution in [1.29, 1.82) is 0 Å². The van der Waals surface area contributed by atoms with Crippen LogP contribution in [0, 0.1) is 11.6 Å². The van der Waals surface area contributed by atoms with Crippen molar-refractivity contribution in [3.8, 4) is 0 Å². The molecule has 0 saturated heterocycles. The van der Waals surface area contributed by atoms with Crippen LogP contribution in [0.25, 0.3) is 0 Å². The van der Waals surface area contributed by atoms with E-state index in [4.69, 9.17) is 0 Å². The van der Waals surface area contributed by atoms with Crippen LogP contribution in [0.1, 0.15) is 12.5 Å². The van der Waals surface area contributed by atoms with Crippen molar-refractivity contribution >= 4 is 11.9 Å². The lowest BCUT2D eigenvalue weighted by molar-refractivity contribution is -0.144. The summed E-state index contributed by atoms with van der Waals surface area (Å²) >= 11 is 0. The molecule has 1 aromatic rings. The highest BCUT2D eigenvalue weighted by atomic mass is 19.1. The molecule has 0 heterocycles. The van der Waals surface area contributed by atoms with Gasteiger partial charge in [0.05, 0.1) is 7.11 Å². The van der Waals surface area contributed by atoms with Gasteiger partial charge in [-0.2, -0.15) is 0 Å². The molecule has 0 aliphatic carbocycles. The summed E-state index contributed by atoms with van der Waals surface area (Å²) in [5.74, 6) is -2.43. The van der Waals surface area contributed by atoms with Gasteiger partial charge in [-0.3, -0.25) is 4.79 Å². The molecule has 0 spiro atoms. The number of hydrogen-bond acceptors (Lipinski definition) is 3. The molecule has 1 N–H and O–H groups in total. The molecular formula is C12H13F2NO3. The summed E-state index contributed by atoms with van der Waals surface area (Å²) in [5, 5.41) is 2.32. The average Bonchev–Trinajstić information content (AvgIpc) is 2.31. The third kappa shape index (κ3) is 3.80. The summed E-state index contributed by atoms with van der Waals surface area (Å²) in [6.45, 7) is 1.22. The molecule has 1 atom stereocenters. The maximum Gasteiger partial charge on any atom is 0.328 e. The smallest absolute Gasteiger partial charge is 0.328 e. The van der Waals surface area contributed by atoms with E-state index in [0.717, 1.165) is 25.3 Å². The predicted octanol–water partition coefficient (Wildman–Crippen LogP) is 1.18. The Morgan fingerprint density at radius 1 is 1.39 bits per heavy atom. The molecule has 0 aromatic heterocycles. The number of hydrogen-bond donors (Lipinski definition) is 1. The fourth-order valence-corrected chi connectivity index (χ4v) is 1.50. The highest BCUT2D eigenvalue weighted by Gasteiger charge is 2.22. The van der Waals surface area contributed by atoms with Crippen LogP contribution in [0.15, 0.2) is 18.2 Å². The summed E-state index contributed by atoms with van der Waals surface area (Å²) in [5.41, 5.74) is -0.000787. The van der Waals surface area contributed by atoms with Crippen LogP contribution in [0.3, 0.4) is 0 Å². The van der Waals surface area contributed by atoms with Crippen LogP contribution in [0.2, 0.25) is 0 Å². The number of rotatable bonds is 4. The van der Waals surface area contributed by atoms with Crippen molar-refractivity contribution in [2.75, 3.05) is 7.11 Å². The van der Waals surface area contributed by atoms with E-state index in [2.05, 4.69) is 10.1 Å². The van der Waals surface area contributed by atoms with E-state index in [1.807, 2.05) is 0 Å². The van der Waals surface area contributed by atoms with Crippen molar-refractivity contribution < 1.29 is 23.1 Å². The Bertz CT molecular complexity index is 463. The highest BCUT2D eigenvalue weighted by Crippen LogP contribution is 2.12. The molecule has 98 valence electrons. The van der Waals surface area contributed by atoms with E-state index >= 15 is 0 Å². The molecule has 1 aromatic carbocycles. The predicted molar refractivity (Wildman–Crippen MR) is 59.7 cm³/mol. The highest BCUT2D eigenvalue weighted by molar-refractivity contribution is 5.83. The maximum atomic E-state index is 13.4.